The number of aromatic nitrogens is 2. The quantitative estimate of drug-likeness (QED) is 0.726. The minimum atomic E-state index is -1.14. The lowest BCUT2D eigenvalue weighted by atomic mass is 10.3. The Morgan fingerprint density at radius 2 is 2.24 bits per heavy atom. The summed E-state index contributed by atoms with van der Waals surface area (Å²) in [6.07, 6.45) is 0.491. The summed E-state index contributed by atoms with van der Waals surface area (Å²) in [6.45, 7) is 0.0993. The number of imidazole rings is 1. The number of amides is 1. The smallest absolute Gasteiger partial charge is 0.405 e. The van der Waals surface area contributed by atoms with Crippen LogP contribution in [0.25, 0.3) is 11.0 Å². The van der Waals surface area contributed by atoms with E-state index < -0.39 is 12.1 Å². The Balaban J connectivity index is 2.19. The predicted octanol–water partition coefficient (Wildman–Crippen LogP) is 0.665. The number of fused-ring (bicyclic) bond motifs is 1. The highest BCUT2D eigenvalue weighted by molar-refractivity contribution is 5.75. The number of hydrogen-bond acceptors (Lipinski definition) is 3. The van der Waals surface area contributed by atoms with Crippen molar-refractivity contribution >= 4 is 17.1 Å². The molecule has 2 aromatic rings. The van der Waals surface area contributed by atoms with Gasteiger partial charge in [0.1, 0.15) is 0 Å². The van der Waals surface area contributed by atoms with Gasteiger partial charge >= 0.3 is 6.09 Å². The summed E-state index contributed by atoms with van der Waals surface area (Å²) in [7, 11) is 0. The molecule has 1 amide bonds. The lowest BCUT2D eigenvalue weighted by Crippen LogP contribution is -2.39. The molecule has 90 valence electrons. The van der Waals surface area contributed by atoms with Gasteiger partial charge in [-0.05, 0) is 12.1 Å². The van der Waals surface area contributed by atoms with E-state index in [0.717, 1.165) is 11.0 Å². The average molecular weight is 235 g/mol. The van der Waals surface area contributed by atoms with Gasteiger partial charge in [0.15, 0.2) is 0 Å². The Morgan fingerprint density at radius 1 is 1.47 bits per heavy atom. The van der Waals surface area contributed by atoms with Crippen LogP contribution in [0.5, 0.6) is 0 Å². The maximum atomic E-state index is 10.5. The summed E-state index contributed by atoms with van der Waals surface area (Å²) in [4.78, 5) is 14.7. The van der Waals surface area contributed by atoms with E-state index in [9.17, 15) is 4.79 Å². The standard InChI is InChI=1S/C11H13N3O3/c15-6-8(13-11(16)17)5-14-7-12-9-3-1-2-4-10(9)14/h1-4,7-8,13,15H,5-6H2,(H,16,17). The van der Waals surface area contributed by atoms with Crippen molar-refractivity contribution in [2.45, 2.75) is 12.6 Å². The highest BCUT2D eigenvalue weighted by Crippen LogP contribution is 2.12. The van der Waals surface area contributed by atoms with Gasteiger partial charge in [0, 0.05) is 6.54 Å². The predicted molar refractivity (Wildman–Crippen MR) is 61.8 cm³/mol. The molecule has 1 heterocycles. The number of carboxylic acid groups (broad SMARTS) is 1. The molecule has 3 N–H and O–H groups in total. The van der Waals surface area contributed by atoms with Gasteiger partial charge in [0.25, 0.3) is 0 Å². The Bertz CT molecular complexity index is 523. The van der Waals surface area contributed by atoms with Crippen LogP contribution in [0.3, 0.4) is 0 Å². The van der Waals surface area contributed by atoms with Crippen LogP contribution >= 0.6 is 0 Å². The number of carbonyl (C=O) groups is 1. The average Bonchev–Trinajstić information content (AvgIpc) is 2.71. The SMILES string of the molecule is O=C(O)NC(CO)Cn1cnc2ccccc21. The number of nitrogens with one attached hydrogen (secondary N) is 1. The second kappa shape index (κ2) is 4.84. The van der Waals surface area contributed by atoms with Gasteiger partial charge in [0.05, 0.1) is 30.0 Å². The van der Waals surface area contributed by atoms with Gasteiger partial charge in [-0.15, -0.1) is 0 Å². The fourth-order valence-corrected chi connectivity index (χ4v) is 1.72. The van der Waals surface area contributed by atoms with E-state index in [1.807, 2.05) is 28.8 Å². The largest absolute Gasteiger partial charge is 0.465 e. The molecule has 1 atom stereocenters. The van der Waals surface area contributed by atoms with Gasteiger partial charge in [-0.3, -0.25) is 0 Å². The highest BCUT2D eigenvalue weighted by atomic mass is 16.4. The molecular formula is C11H13N3O3. The van der Waals surface area contributed by atoms with Crippen molar-refractivity contribution in [1.82, 2.24) is 14.9 Å². The fraction of sp³-hybridized carbons (Fsp3) is 0.273. The van der Waals surface area contributed by atoms with Crippen LogP contribution in [0.4, 0.5) is 4.79 Å². The van der Waals surface area contributed by atoms with E-state index in [4.69, 9.17) is 10.2 Å². The summed E-state index contributed by atoms with van der Waals surface area (Å²) in [6, 6.07) is 7.02. The molecule has 0 saturated carbocycles. The van der Waals surface area contributed by atoms with Crippen LogP contribution in [0, 0.1) is 0 Å². The molecule has 6 heteroatoms. The summed E-state index contributed by atoms with van der Waals surface area (Å²) in [5.41, 5.74) is 1.76. The molecule has 0 aliphatic heterocycles. The second-order valence-electron chi connectivity index (χ2n) is 3.71. The zero-order chi connectivity index (χ0) is 12.3. The van der Waals surface area contributed by atoms with Gasteiger partial charge in [0.2, 0.25) is 0 Å². The van der Waals surface area contributed by atoms with Crippen molar-refractivity contribution in [3.8, 4) is 0 Å². The van der Waals surface area contributed by atoms with Crippen molar-refractivity contribution in [3.63, 3.8) is 0 Å². The summed E-state index contributed by atoms with van der Waals surface area (Å²) in [5, 5.41) is 19.9. The zero-order valence-corrected chi connectivity index (χ0v) is 9.08. The first-order valence-electron chi connectivity index (χ1n) is 5.21. The van der Waals surface area contributed by atoms with Crippen molar-refractivity contribution in [2.24, 2.45) is 0 Å². The van der Waals surface area contributed by atoms with Gasteiger partial charge in [-0.1, -0.05) is 12.1 Å². The van der Waals surface area contributed by atoms with Crippen LogP contribution < -0.4 is 5.32 Å². The third kappa shape index (κ3) is 2.54. The third-order valence-electron chi connectivity index (χ3n) is 2.49. The number of aliphatic hydroxyl groups excluding tert-OH is 1. The minimum Gasteiger partial charge on any atom is -0.465 e. The molecule has 6 nitrogen and oxygen atoms in total. The first-order chi connectivity index (χ1) is 8.20. The Morgan fingerprint density at radius 3 is 2.94 bits per heavy atom. The topological polar surface area (TPSA) is 87.4 Å². The molecule has 1 aromatic heterocycles. The number of nitrogens with zero attached hydrogens (tertiary/aromatic N) is 2. The Hall–Kier alpha value is -2.08. The van der Waals surface area contributed by atoms with Crippen molar-refractivity contribution in [2.75, 3.05) is 6.61 Å². The lowest BCUT2D eigenvalue weighted by molar-refractivity contribution is 0.173. The van der Waals surface area contributed by atoms with E-state index >= 15 is 0 Å². The first-order valence-corrected chi connectivity index (χ1v) is 5.21. The number of aliphatic hydroxyl groups is 1. The van der Waals surface area contributed by atoms with Crippen molar-refractivity contribution < 1.29 is 15.0 Å². The molecule has 0 bridgehead atoms. The molecule has 0 radical (unpaired) electrons. The summed E-state index contributed by atoms with van der Waals surface area (Å²) >= 11 is 0. The molecule has 0 aliphatic carbocycles. The second-order valence-corrected chi connectivity index (χ2v) is 3.71. The molecule has 2 rings (SSSR count). The Labute approximate surface area is 97.5 Å². The van der Waals surface area contributed by atoms with Crippen LogP contribution in [0.1, 0.15) is 0 Å². The molecule has 1 aromatic carbocycles. The monoisotopic (exact) mass is 235 g/mol. The normalized spacial score (nSPS) is 12.5. The van der Waals surface area contributed by atoms with Crippen molar-refractivity contribution in [1.29, 1.82) is 0 Å². The molecule has 17 heavy (non-hydrogen) atoms. The van der Waals surface area contributed by atoms with Gasteiger partial charge < -0.3 is 20.1 Å². The highest BCUT2D eigenvalue weighted by Gasteiger charge is 2.12. The molecule has 0 fully saturated rings. The Kier molecular flexibility index (Phi) is 3.24. The first kappa shape index (κ1) is 11.4. The molecule has 1 unspecified atom stereocenters. The molecule has 0 saturated heterocycles. The number of hydrogen-bond donors (Lipinski definition) is 3. The van der Waals surface area contributed by atoms with E-state index in [0.29, 0.717) is 6.54 Å². The maximum absolute atomic E-state index is 10.5. The van der Waals surface area contributed by atoms with E-state index in [1.165, 1.54) is 0 Å². The fourth-order valence-electron chi connectivity index (χ4n) is 1.72. The van der Waals surface area contributed by atoms with E-state index in [1.54, 1.807) is 6.33 Å². The summed E-state index contributed by atoms with van der Waals surface area (Å²) in [5.74, 6) is 0. The number of rotatable bonds is 4. The minimum absolute atomic E-state index is 0.251. The van der Waals surface area contributed by atoms with Crippen LogP contribution in [0.15, 0.2) is 30.6 Å². The molecular weight excluding hydrogens is 222 g/mol. The number of benzene rings is 1. The zero-order valence-electron chi connectivity index (χ0n) is 9.08. The van der Waals surface area contributed by atoms with Gasteiger partial charge in [-0.25, -0.2) is 9.78 Å². The number of para-hydroxylation sites is 2. The molecule has 0 spiro atoms. The molecule has 0 aliphatic rings. The van der Waals surface area contributed by atoms with Crippen LogP contribution in [-0.4, -0.2) is 38.5 Å². The van der Waals surface area contributed by atoms with E-state index in [-0.39, 0.29) is 6.61 Å². The van der Waals surface area contributed by atoms with Crippen LogP contribution in [0.2, 0.25) is 0 Å². The van der Waals surface area contributed by atoms with Gasteiger partial charge in [-0.2, -0.15) is 0 Å². The third-order valence-corrected chi connectivity index (χ3v) is 2.49. The van der Waals surface area contributed by atoms with E-state index in [2.05, 4.69) is 10.3 Å². The summed E-state index contributed by atoms with van der Waals surface area (Å²) < 4.78 is 1.81. The van der Waals surface area contributed by atoms with Crippen LogP contribution in [-0.2, 0) is 6.54 Å². The maximum Gasteiger partial charge on any atom is 0.405 e. The lowest BCUT2D eigenvalue weighted by Gasteiger charge is -2.15. The van der Waals surface area contributed by atoms with Crippen molar-refractivity contribution in [3.05, 3.63) is 30.6 Å².